The Hall–Kier alpha value is -3.72. The number of aromatic hydroxyl groups is 2. The highest BCUT2D eigenvalue weighted by Crippen LogP contribution is 2.60. The van der Waals surface area contributed by atoms with E-state index in [1.807, 2.05) is 12.1 Å². The van der Waals surface area contributed by atoms with Crippen LogP contribution >= 0.6 is 0 Å². The third-order valence-corrected chi connectivity index (χ3v) is 11.6. The van der Waals surface area contributed by atoms with Gasteiger partial charge in [-0.05, 0) is 99.8 Å². The Labute approximate surface area is 275 Å². The number of pyridine rings is 1. The van der Waals surface area contributed by atoms with Gasteiger partial charge in [-0.25, -0.2) is 4.98 Å². The Kier molecular flexibility index (Phi) is 8.20. The highest BCUT2D eigenvalue weighted by Gasteiger charge is 2.50. The molecule has 2 N–H and O–H groups in total. The van der Waals surface area contributed by atoms with E-state index in [0.29, 0.717) is 28.7 Å². The fourth-order valence-electron chi connectivity index (χ4n) is 7.96. The molecule has 0 amide bonds. The van der Waals surface area contributed by atoms with Crippen LogP contribution in [-0.4, -0.2) is 15.2 Å². The number of rotatable bonds is 5. The third-order valence-electron chi connectivity index (χ3n) is 11.6. The van der Waals surface area contributed by atoms with Crippen molar-refractivity contribution in [2.24, 2.45) is 11.8 Å². The smallest absolute Gasteiger partial charge is 0.265 e. The van der Waals surface area contributed by atoms with Crippen LogP contribution in [0.4, 0.5) is 0 Å². The molecule has 246 valence electrons. The van der Waals surface area contributed by atoms with Gasteiger partial charge >= 0.3 is 0 Å². The van der Waals surface area contributed by atoms with Gasteiger partial charge in [0.05, 0.1) is 5.69 Å². The van der Waals surface area contributed by atoms with E-state index in [0.717, 1.165) is 59.0 Å². The summed E-state index contributed by atoms with van der Waals surface area (Å²) in [7, 11) is 0. The summed E-state index contributed by atoms with van der Waals surface area (Å²) in [6, 6.07) is 11.9. The van der Waals surface area contributed by atoms with Crippen LogP contribution in [0.2, 0.25) is 0 Å². The number of ether oxygens (including phenoxy) is 2. The van der Waals surface area contributed by atoms with Crippen LogP contribution in [0.1, 0.15) is 142 Å². The molecule has 0 bridgehead atoms. The maximum atomic E-state index is 10.3. The van der Waals surface area contributed by atoms with Crippen molar-refractivity contribution in [1.29, 1.82) is 5.26 Å². The third kappa shape index (κ3) is 5.30. The first kappa shape index (κ1) is 33.6. The monoisotopic (exact) mass is 624 g/mol. The number of benzene rings is 2. The second-order valence-corrected chi connectivity index (χ2v) is 16.4. The summed E-state index contributed by atoms with van der Waals surface area (Å²) >= 11 is 0. The summed E-state index contributed by atoms with van der Waals surface area (Å²) in [5, 5.41) is 30.6. The number of hydrogen-bond acceptors (Lipinski definition) is 6. The highest BCUT2D eigenvalue weighted by molar-refractivity contribution is 5.67. The zero-order chi connectivity index (χ0) is 34.1. The van der Waals surface area contributed by atoms with Crippen LogP contribution in [0, 0.1) is 23.2 Å². The summed E-state index contributed by atoms with van der Waals surface area (Å²) in [4.78, 5) is 4.88. The lowest BCUT2D eigenvalue weighted by molar-refractivity contribution is 0.283. The van der Waals surface area contributed by atoms with Crippen LogP contribution in [0.15, 0.2) is 30.3 Å². The van der Waals surface area contributed by atoms with E-state index in [1.54, 1.807) is 12.1 Å². The number of nitriles is 1. The van der Waals surface area contributed by atoms with Crippen LogP contribution in [0.25, 0.3) is 0 Å². The molecule has 0 radical (unpaired) electrons. The van der Waals surface area contributed by atoms with Crippen LogP contribution in [0.3, 0.4) is 0 Å². The van der Waals surface area contributed by atoms with Gasteiger partial charge in [0.2, 0.25) is 5.75 Å². The number of aromatic nitrogens is 1. The zero-order valence-electron chi connectivity index (χ0n) is 29.8. The molecule has 6 rings (SSSR count). The van der Waals surface area contributed by atoms with Crippen molar-refractivity contribution in [3.8, 4) is 40.7 Å². The molecule has 3 aliphatic rings. The first-order valence-corrected chi connectivity index (χ1v) is 16.8. The molecule has 6 nitrogen and oxygen atoms in total. The number of phenols is 2. The molecule has 0 saturated carbocycles. The molecule has 46 heavy (non-hydrogen) atoms. The van der Waals surface area contributed by atoms with Crippen molar-refractivity contribution >= 4 is 0 Å². The average molecular weight is 625 g/mol. The van der Waals surface area contributed by atoms with Crippen LogP contribution in [-0.2, 0) is 21.7 Å². The Morgan fingerprint density at radius 1 is 0.957 bits per heavy atom. The molecule has 1 aliphatic heterocycles. The number of fused-ring (bicyclic) bond motifs is 4. The van der Waals surface area contributed by atoms with E-state index >= 15 is 0 Å². The second-order valence-electron chi connectivity index (χ2n) is 16.4. The average Bonchev–Trinajstić information content (AvgIpc) is 3.17. The van der Waals surface area contributed by atoms with E-state index in [-0.39, 0.29) is 39.1 Å². The van der Waals surface area contributed by atoms with Gasteiger partial charge in [-0.3, -0.25) is 0 Å². The lowest BCUT2D eigenvalue weighted by atomic mass is 9.58. The standard InChI is InChI=1S/C34H38N2O4.C6H14/c1-9-34(8)18(2)27-20(15-35)28-30(36-29(27)34)40-26-12-19(10-11-25(26)39-28)31(3,4)16-33(7)17-32(5,6)21-13-23(37)24(38)14-22(21)33;1-5(2)6(3)4/h10-14,18,37-38H,9,16-17H2,1-8H3;5-6H,1-4H3. The molecular weight excluding hydrogens is 572 g/mol. The topological polar surface area (TPSA) is 95.6 Å². The summed E-state index contributed by atoms with van der Waals surface area (Å²) in [6.07, 6.45) is 2.66. The quantitative estimate of drug-likeness (QED) is 0.215. The number of nitrogens with zero attached hydrogens (tertiary/aromatic N) is 2. The van der Waals surface area contributed by atoms with Crippen molar-refractivity contribution in [2.45, 2.75) is 130 Å². The number of phenolic OH excluding ortho intramolecular Hbond substituents is 2. The Morgan fingerprint density at radius 3 is 2.13 bits per heavy atom. The molecule has 3 unspecified atom stereocenters. The van der Waals surface area contributed by atoms with Crippen molar-refractivity contribution in [1.82, 2.24) is 4.98 Å². The minimum atomic E-state index is -0.249. The Balaban J connectivity index is 0.000000635. The van der Waals surface area contributed by atoms with Crippen LogP contribution in [0.5, 0.6) is 34.6 Å². The largest absolute Gasteiger partial charge is 0.504 e. The van der Waals surface area contributed by atoms with Gasteiger partial charge in [-0.2, -0.15) is 5.26 Å². The van der Waals surface area contributed by atoms with Gasteiger partial charge in [0, 0.05) is 5.41 Å². The highest BCUT2D eigenvalue weighted by atomic mass is 16.6. The summed E-state index contributed by atoms with van der Waals surface area (Å²) in [5.41, 5.74) is 5.04. The first-order chi connectivity index (χ1) is 21.3. The Bertz CT molecular complexity index is 1720. The zero-order valence-corrected chi connectivity index (χ0v) is 29.8. The molecule has 0 fully saturated rings. The predicted molar refractivity (Wildman–Crippen MR) is 184 cm³/mol. The number of hydrogen-bond donors (Lipinski definition) is 2. The minimum Gasteiger partial charge on any atom is -0.504 e. The molecule has 0 saturated heterocycles. The first-order valence-electron chi connectivity index (χ1n) is 16.8. The van der Waals surface area contributed by atoms with Gasteiger partial charge < -0.3 is 19.7 Å². The minimum absolute atomic E-state index is 0.0701. The van der Waals surface area contributed by atoms with Crippen molar-refractivity contribution in [2.75, 3.05) is 0 Å². The summed E-state index contributed by atoms with van der Waals surface area (Å²) in [5.74, 6) is 3.73. The normalized spacial score (nSPS) is 23.5. The van der Waals surface area contributed by atoms with E-state index in [2.05, 4.69) is 95.2 Å². The Morgan fingerprint density at radius 2 is 1.57 bits per heavy atom. The summed E-state index contributed by atoms with van der Waals surface area (Å²) < 4.78 is 12.6. The van der Waals surface area contributed by atoms with Gasteiger partial charge in [0.25, 0.3) is 5.88 Å². The van der Waals surface area contributed by atoms with E-state index in [9.17, 15) is 15.5 Å². The van der Waals surface area contributed by atoms with Gasteiger partial charge in [-0.1, -0.05) is 89.2 Å². The van der Waals surface area contributed by atoms with Crippen molar-refractivity contribution in [3.05, 3.63) is 63.8 Å². The second kappa shape index (κ2) is 11.2. The van der Waals surface area contributed by atoms with Gasteiger partial charge in [0.15, 0.2) is 23.0 Å². The van der Waals surface area contributed by atoms with Crippen molar-refractivity contribution < 1.29 is 19.7 Å². The maximum absolute atomic E-state index is 10.3. The van der Waals surface area contributed by atoms with Gasteiger partial charge in [-0.15, -0.1) is 0 Å². The lowest BCUT2D eigenvalue weighted by Crippen LogP contribution is -2.41. The van der Waals surface area contributed by atoms with Crippen LogP contribution < -0.4 is 9.47 Å². The molecule has 1 aromatic heterocycles. The van der Waals surface area contributed by atoms with Crippen molar-refractivity contribution in [3.63, 3.8) is 0 Å². The molecule has 2 aliphatic carbocycles. The molecule has 3 aromatic rings. The lowest BCUT2D eigenvalue weighted by Gasteiger charge is -2.47. The molecular formula is C40H52N2O4. The molecule has 3 atom stereocenters. The fraction of sp³-hybridized carbons (Fsp3) is 0.550. The molecule has 0 spiro atoms. The molecule has 2 aromatic carbocycles. The van der Waals surface area contributed by atoms with Gasteiger partial charge in [0.1, 0.15) is 11.6 Å². The maximum Gasteiger partial charge on any atom is 0.265 e. The van der Waals surface area contributed by atoms with E-state index in [1.165, 1.54) is 0 Å². The predicted octanol–water partition coefficient (Wildman–Crippen LogP) is 10.7. The van der Waals surface area contributed by atoms with E-state index < -0.39 is 0 Å². The SMILES string of the molecule is CC(C)C(C)C.CCC1(C)c2nc3c(c(C#N)c2C1C)Oc1ccc(C(C)(C)CC2(C)CC(C)(C)c4cc(O)c(O)cc42)cc1O3. The molecule has 2 heterocycles. The summed E-state index contributed by atoms with van der Waals surface area (Å²) in [6.45, 7) is 26.6. The fourth-order valence-corrected chi connectivity index (χ4v) is 7.96. The molecule has 6 heteroatoms. The van der Waals surface area contributed by atoms with E-state index in [4.69, 9.17) is 14.5 Å².